The lowest BCUT2D eigenvalue weighted by Crippen LogP contribution is -2.42. The van der Waals surface area contributed by atoms with E-state index in [2.05, 4.69) is 5.32 Å². The summed E-state index contributed by atoms with van der Waals surface area (Å²) in [6.45, 7) is 2.07. The van der Waals surface area contributed by atoms with Gasteiger partial charge in [-0.2, -0.15) is 0 Å². The minimum Gasteiger partial charge on any atom is -0.456 e. The van der Waals surface area contributed by atoms with Crippen LogP contribution in [0.3, 0.4) is 0 Å². The normalized spacial score (nSPS) is 29.8. The molecule has 2 rings (SSSR count). The van der Waals surface area contributed by atoms with Gasteiger partial charge in [-0.15, -0.1) is 0 Å². The van der Waals surface area contributed by atoms with Crippen LogP contribution in [-0.2, 0) is 14.3 Å². The first-order valence-corrected chi connectivity index (χ1v) is 4.38. The summed E-state index contributed by atoms with van der Waals surface area (Å²) >= 11 is 0. The van der Waals surface area contributed by atoms with Crippen LogP contribution in [0.5, 0.6) is 0 Å². The largest absolute Gasteiger partial charge is 0.456 e. The molecule has 0 amide bonds. The molecule has 2 fully saturated rings. The third-order valence-corrected chi connectivity index (χ3v) is 2.24. The Kier molecular flexibility index (Phi) is 2.28. The Balaban J connectivity index is 1.74. The number of hydrogen-bond acceptors (Lipinski definition) is 4. The maximum absolute atomic E-state index is 11.3. The number of carbonyl (C=O) groups excluding carboxylic acids is 1. The molecular weight excluding hydrogens is 158 g/mol. The van der Waals surface area contributed by atoms with Crippen LogP contribution in [0, 0.1) is 0 Å². The number of hydrogen-bond donors (Lipinski definition) is 1. The molecule has 0 aromatic heterocycles. The minimum atomic E-state index is -0.110. The van der Waals surface area contributed by atoms with Crippen LogP contribution in [0.15, 0.2) is 0 Å². The van der Waals surface area contributed by atoms with Gasteiger partial charge in [-0.05, 0) is 19.4 Å². The molecule has 0 bridgehead atoms. The summed E-state index contributed by atoms with van der Waals surface area (Å²) in [6.07, 6.45) is 1.99. The molecule has 1 atom stereocenters. The number of esters is 1. The van der Waals surface area contributed by atoms with E-state index in [1.165, 1.54) is 0 Å². The fraction of sp³-hybridized carbons (Fsp3) is 0.875. The predicted octanol–water partition coefficient (Wildman–Crippen LogP) is -0.320. The van der Waals surface area contributed by atoms with Crippen molar-refractivity contribution in [3.63, 3.8) is 0 Å². The van der Waals surface area contributed by atoms with E-state index in [-0.39, 0.29) is 18.1 Å². The van der Waals surface area contributed by atoms with Gasteiger partial charge in [-0.1, -0.05) is 0 Å². The maximum Gasteiger partial charge on any atom is 0.323 e. The van der Waals surface area contributed by atoms with Gasteiger partial charge < -0.3 is 14.8 Å². The second-order valence-corrected chi connectivity index (χ2v) is 3.25. The van der Waals surface area contributed by atoms with Crippen molar-refractivity contribution >= 4 is 5.97 Å². The van der Waals surface area contributed by atoms with Gasteiger partial charge in [-0.25, -0.2) is 0 Å². The minimum absolute atomic E-state index is 0.0138. The average molecular weight is 171 g/mol. The van der Waals surface area contributed by atoms with Crippen molar-refractivity contribution in [2.24, 2.45) is 0 Å². The molecule has 4 heteroatoms. The SMILES string of the molecule is O=C(OC1COC1)[C@H]1CCCN1. The van der Waals surface area contributed by atoms with Crippen molar-refractivity contribution in [3.8, 4) is 0 Å². The van der Waals surface area contributed by atoms with Crippen LogP contribution in [0.2, 0.25) is 0 Å². The van der Waals surface area contributed by atoms with Crippen molar-refractivity contribution in [2.75, 3.05) is 19.8 Å². The smallest absolute Gasteiger partial charge is 0.323 e. The van der Waals surface area contributed by atoms with E-state index in [1.54, 1.807) is 0 Å². The van der Waals surface area contributed by atoms with Crippen molar-refractivity contribution in [1.82, 2.24) is 5.32 Å². The fourth-order valence-corrected chi connectivity index (χ4v) is 1.41. The third-order valence-electron chi connectivity index (χ3n) is 2.24. The van der Waals surface area contributed by atoms with Gasteiger partial charge in [0.15, 0.2) is 0 Å². The zero-order chi connectivity index (χ0) is 8.39. The summed E-state index contributed by atoms with van der Waals surface area (Å²) in [4.78, 5) is 11.3. The highest BCUT2D eigenvalue weighted by atomic mass is 16.6. The Morgan fingerprint density at radius 2 is 2.33 bits per heavy atom. The monoisotopic (exact) mass is 171 g/mol. The van der Waals surface area contributed by atoms with Crippen LogP contribution in [0.1, 0.15) is 12.8 Å². The Morgan fingerprint density at radius 3 is 2.83 bits per heavy atom. The quantitative estimate of drug-likeness (QED) is 0.578. The summed E-state index contributed by atoms with van der Waals surface area (Å²) in [5.74, 6) is -0.110. The number of nitrogens with one attached hydrogen (secondary N) is 1. The Morgan fingerprint density at radius 1 is 1.50 bits per heavy atom. The molecule has 0 radical (unpaired) electrons. The Bertz CT molecular complexity index is 173. The van der Waals surface area contributed by atoms with Crippen LogP contribution < -0.4 is 5.32 Å². The predicted molar refractivity (Wildman–Crippen MR) is 41.7 cm³/mol. The zero-order valence-electron chi connectivity index (χ0n) is 6.91. The summed E-state index contributed by atoms with van der Waals surface area (Å²) in [5, 5.41) is 3.09. The van der Waals surface area contributed by atoms with Crippen molar-refractivity contribution in [3.05, 3.63) is 0 Å². The number of carbonyl (C=O) groups is 1. The number of ether oxygens (including phenoxy) is 2. The van der Waals surface area contributed by atoms with Gasteiger partial charge in [0, 0.05) is 0 Å². The first-order valence-electron chi connectivity index (χ1n) is 4.38. The molecule has 1 N–H and O–H groups in total. The van der Waals surface area contributed by atoms with Gasteiger partial charge in [0.25, 0.3) is 0 Å². The zero-order valence-corrected chi connectivity index (χ0v) is 6.91. The molecule has 0 unspecified atom stereocenters. The van der Waals surface area contributed by atoms with E-state index in [4.69, 9.17) is 9.47 Å². The van der Waals surface area contributed by atoms with Crippen LogP contribution in [0.4, 0.5) is 0 Å². The van der Waals surface area contributed by atoms with Gasteiger partial charge in [0.2, 0.25) is 0 Å². The second-order valence-electron chi connectivity index (χ2n) is 3.25. The lowest BCUT2D eigenvalue weighted by molar-refractivity contribution is -0.174. The van der Waals surface area contributed by atoms with Crippen LogP contribution in [0.25, 0.3) is 0 Å². The Hall–Kier alpha value is -0.610. The summed E-state index contributed by atoms with van der Waals surface area (Å²) < 4.78 is 10.0. The highest BCUT2D eigenvalue weighted by Crippen LogP contribution is 2.11. The molecule has 2 aliphatic rings. The third kappa shape index (κ3) is 1.59. The molecule has 2 saturated heterocycles. The molecule has 2 heterocycles. The number of rotatable bonds is 2. The van der Waals surface area contributed by atoms with Gasteiger partial charge >= 0.3 is 5.97 Å². The van der Waals surface area contributed by atoms with E-state index in [1.807, 2.05) is 0 Å². The molecule has 0 saturated carbocycles. The molecule has 68 valence electrons. The van der Waals surface area contributed by atoms with Crippen molar-refractivity contribution in [2.45, 2.75) is 25.0 Å². The summed E-state index contributed by atoms with van der Waals surface area (Å²) in [5.41, 5.74) is 0. The highest BCUT2D eigenvalue weighted by Gasteiger charge is 2.29. The van der Waals surface area contributed by atoms with Gasteiger partial charge in [0.1, 0.15) is 12.1 Å². The molecular formula is C8H13NO3. The van der Waals surface area contributed by atoms with E-state index in [0.29, 0.717) is 13.2 Å². The van der Waals surface area contributed by atoms with E-state index >= 15 is 0 Å². The summed E-state index contributed by atoms with van der Waals surface area (Å²) in [6, 6.07) is -0.0643. The van der Waals surface area contributed by atoms with Crippen LogP contribution in [-0.4, -0.2) is 37.9 Å². The standard InChI is InChI=1S/C8H13NO3/c10-8(7-2-1-3-9-7)12-6-4-11-5-6/h6-7,9H,1-5H2/t7-/m1/s1. The van der Waals surface area contributed by atoms with E-state index in [0.717, 1.165) is 19.4 Å². The first kappa shape index (κ1) is 8.01. The van der Waals surface area contributed by atoms with Crippen molar-refractivity contribution in [1.29, 1.82) is 0 Å². The molecule has 0 aromatic rings. The lowest BCUT2D eigenvalue weighted by Gasteiger charge is -2.26. The highest BCUT2D eigenvalue weighted by molar-refractivity contribution is 5.76. The maximum atomic E-state index is 11.3. The molecule has 0 aromatic carbocycles. The van der Waals surface area contributed by atoms with E-state index in [9.17, 15) is 4.79 Å². The molecule has 2 aliphatic heterocycles. The van der Waals surface area contributed by atoms with Crippen LogP contribution >= 0.6 is 0 Å². The first-order chi connectivity index (χ1) is 5.86. The molecule has 12 heavy (non-hydrogen) atoms. The summed E-state index contributed by atoms with van der Waals surface area (Å²) in [7, 11) is 0. The van der Waals surface area contributed by atoms with Gasteiger partial charge in [0.05, 0.1) is 13.2 Å². The lowest BCUT2D eigenvalue weighted by atomic mass is 10.2. The molecule has 0 aliphatic carbocycles. The van der Waals surface area contributed by atoms with Crippen molar-refractivity contribution < 1.29 is 14.3 Å². The topological polar surface area (TPSA) is 47.6 Å². The molecule has 0 spiro atoms. The molecule has 4 nitrogen and oxygen atoms in total. The Labute approximate surface area is 71.2 Å². The van der Waals surface area contributed by atoms with Gasteiger partial charge in [-0.3, -0.25) is 4.79 Å². The average Bonchev–Trinajstić information content (AvgIpc) is 2.47. The fourth-order valence-electron chi connectivity index (χ4n) is 1.41. The van der Waals surface area contributed by atoms with E-state index < -0.39 is 0 Å². The second kappa shape index (κ2) is 3.41.